The molecule has 1 fully saturated rings. The van der Waals surface area contributed by atoms with E-state index in [1.807, 2.05) is 11.3 Å². The number of nitrogens with one attached hydrogen (secondary N) is 1. The van der Waals surface area contributed by atoms with Crippen LogP contribution in [0.15, 0.2) is 0 Å². The molecule has 0 amide bonds. The quantitative estimate of drug-likeness (QED) is 0.906. The highest BCUT2D eigenvalue weighted by Gasteiger charge is 2.31. The van der Waals surface area contributed by atoms with Gasteiger partial charge < -0.3 is 10.2 Å². The molecule has 114 valence electrons. The molecule has 0 aromatic carbocycles. The molecule has 20 heavy (non-hydrogen) atoms. The summed E-state index contributed by atoms with van der Waals surface area (Å²) in [6, 6.07) is 1.31. The van der Waals surface area contributed by atoms with Crippen molar-refractivity contribution in [3.63, 3.8) is 0 Å². The van der Waals surface area contributed by atoms with Crippen molar-refractivity contribution in [2.45, 2.75) is 85.0 Å². The fraction of sp³-hybridized carbons (Fsp3) is 0.812. The molecule has 1 saturated heterocycles. The average Bonchev–Trinajstić information content (AvgIpc) is 2.88. The second kappa shape index (κ2) is 6.02. The van der Waals surface area contributed by atoms with Gasteiger partial charge in [0.25, 0.3) is 0 Å². The van der Waals surface area contributed by atoms with Gasteiger partial charge in [-0.25, -0.2) is 4.98 Å². The molecule has 1 aliphatic rings. The molecule has 3 nitrogen and oxygen atoms in total. The molecule has 1 aromatic rings. The van der Waals surface area contributed by atoms with Gasteiger partial charge in [0.2, 0.25) is 0 Å². The topological polar surface area (TPSA) is 28.2 Å². The van der Waals surface area contributed by atoms with Gasteiger partial charge in [0.05, 0.1) is 5.69 Å². The molecule has 2 atom stereocenters. The highest BCUT2D eigenvalue weighted by Crippen LogP contribution is 2.36. The minimum absolute atomic E-state index is 0.156. The van der Waals surface area contributed by atoms with Crippen LogP contribution in [0.25, 0.3) is 0 Å². The summed E-state index contributed by atoms with van der Waals surface area (Å²) >= 11 is 1.87. The van der Waals surface area contributed by atoms with E-state index in [0.717, 1.165) is 6.54 Å². The van der Waals surface area contributed by atoms with Crippen LogP contribution in [0.1, 0.15) is 64.5 Å². The molecule has 0 radical (unpaired) electrons. The van der Waals surface area contributed by atoms with Crippen LogP contribution in [-0.2, 0) is 6.54 Å². The summed E-state index contributed by atoms with van der Waals surface area (Å²) in [5, 5.41) is 4.80. The number of aromatic nitrogens is 1. The van der Waals surface area contributed by atoms with Crippen molar-refractivity contribution in [1.29, 1.82) is 0 Å². The summed E-state index contributed by atoms with van der Waals surface area (Å²) in [5.41, 5.74) is 1.35. The van der Waals surface area contributed by atoms with Gasteiger partial charge in [-0.05, 0) is 53.9 Å². The molecular formula is C16H29N3S. The van der Waals surface area contributed by atoms with Crippen LogP contribution in [0, 0.1) is 6.92 Å². The first kappa shape index (κ1) is 15.8. The van der Waals surface area contributed by atoms with Gasteiger partial charge in [-0.2, -0.15) is 0 Å². The Morgan fingerprint density at radius 1 is 1.35 bits per heavy atom. The van der Waals surface area contributed by atoms with Crippen molar-refractivity contribution in [2.75, 3.05) is 4.90 Å². The van der Waals surface area contributed by atoms with Crippen LogP contribution in [0.5, 0.6) is 0 Å². The summed E-state index contributed by atoms with van der Waals surface area (Å²) in [7, 11) is 0. The zero-order chi connectivity index (χ0) is 14.9. The van der Waals surface area contributed by atoms with E-state index in [1.165, 1.54) is 35.0 Å². The number of nitrogens with zero attached hydrogens (tertiary/aromatic N) is 2. The number of aryl methyl sites for hydroxylation is 1. The lowest BCUT2D eigenvalue weighted by Gasteiger charge is -2.27. The lowest BCUT2D eigenvalue weighted by atomic mass is 10.1. The van der Waals surface area contributed by atoms with Crippen LogP contribution in [0.2, 0.25) is 0 Å². The van der Waals surface area contributed by atoms with Gasteiger partial charge in [-0.15, -0.1) is 11.3 Å². The molecule has 0 spiro atoms. The maximum atomic E-state index is 4.85. The standard InChI is InChI=1S/C16H29N3S/c1-7-13-9-8-11(2)19(13)15-18-12(3)14(20-15)10-17-16(4,5)6/h11,13,17H,7-10H2,1-6H3. The third kappa shape index (κ3) is 3.53. The third-order valence-electron chi connectivity index (χ3n) is 4.14. The van der Waals surface area contributed by atoms with Crippen molar-refractivity contribution in [3.8, 4) is 0 Å². The smallest absolute Gasteiger partial charge is 0.186 e. The molecule has 1 aromatic heterocycles. The molecule has 2 unspecified atom stereocenters. The summed E-state index contributed by atoms with van der Waals surface area (Å²) in [4.78, 5) is 8.78. The summed E-state index contributed by atoms with van der Waals surface area (Å²) < 4.78 is 0. The molecule has 2 rings (SSSR count). The molecule has 0 bridgehead atoms. The third-order valence-corrected chi connectivity index (χ3v) is 5.31. The Labute approximate surface area is 127 Å². The largest absolute Gasteiger partial charge is 0.342 e. The lowest BCUT2D eigenvalue weighted by molar-refractivity contribution is 0.425. The van der Waals surface area contributed by atoms with Gasteiger partial charge >= 0.3 is 0 Å². The first-order valence-corrected chi connectivity index (χ1v) is 8.63. The van der Waals surface area contributed by atoms with Gasteiger partial charge in [-0.1, -0.05) is 6.92 Å². The van der Waals surface area contributed by atoms with E-state index in [0.29, 0.717) is 12.1 Å². The number of hydrogen-bond donors (Lipinski definition) is 1. The van der Waals surface area contributed by atoms with E-state index in [2.05, 4.69) is 51.8 Å². The number of rotatable bonds is 4. The minimum Gasteiger partial charge on any atom is -0.342 e. The first-order chi connectivity index (χ1) is 9.31. The second-order valence-corrected chi connectivity index (χ2v) is 8.07. The summed E-state index contributed by atoms with van der Waals surface area (Å²) in [6.45, 7) is 14.3. The monoisotopic (exact) mass is 295 g/mol. The van der Waals surface area contributed by atoms with Crippen molar-refractivity contribution < 1.29 is 0 Å². The zero-order valence-corrected chi connectivity index (χ0v) is 14.6. The summed E-state index contributed by atoms with van der Waals surface area (Å²) in [6.07, 6.45) is 3.83. The minimum atomic E-state index is 0.156. The maximum absolute atomic E-state index is 4.85. The van der Waals surface area contributed by atoms with Crippen LogP contribution in [0.4, 0.5) is 5.13 Å². The van der Waals surface area contributed by atoms with Gasteiger partial charge in [-0.3, -0.25) is 0 Å². The normalized spacial score (nSPS) is 23.6. The Balaban J connectivity index is 2.14. The molecule has 1 N–H and O–H groups in total. The summed E-state index contributed by atoms with van der Waals surface area (Å²) in [5.74, 6) is 0. The van der Waals surface area contributed by atoms with Gasteiger partial charge in [0.15, 0.2) is 5.13 Å². The Bertz CT molecular complexity index is 447. The predicted molar refractivity (Wildman–Crippen MR) is 88.7 cm³/mol. The van der Waals surface area contributed by atoms with E-state index in [-0.39, 0.29) is 5.54 Å². The zero-order valence-electron chi connectivity index (χ0n) is 13.8. The van der Waals surface area contributed by atoms with Crippen molar-refractivity contribution >= 4 is 16.5 Å². The average molecular weight is 295 g/mol. The lowest BCUT2D eigenvalue weighted by Crippen LogP contribution is -2.35. The van der Waals surface area contributed by atoms with Crippen molar-refractivity contribution in [1.82, 2.24) is 10.3 Å². The van der Waals surface area contributed by atoms with Crippen LogP contribution < -0.4 is 10.2 Å². The number of anilines is 1. The Morgan fingerprint density at radius 3 is 2.65 bits per heavy atom. The fourth-order valence-electron chi connectivity index (χ4n) is 2.85. The first-order valence-electron chi connectivity index (χ1n) is 7.81. The Kier molecular flexibility index (Phi) is 4.75. The van der Waals surface area contributed by atoms with Gasteiger partial charge in [0, 0.05) is 29.0 Å². The molecule has 2 heterocycles. The number of hydrogen-bond acceptors (Lipinski definition) is 4. The van der Waals surface area contributed by atoms with E-state index in [9.17, 15) is 0 Å². The van der Waals surface area contributed by atoms with Crippen LogP contribution in [-0.4, -0.2) is 22.6 Å². The second-order valence-electron chi connectivity index (χ2n) is 7.00. The van der Waals surface area contributed by atoms with Crippen LogP contribution >= 0.6 is 11.3 Å². The Hall–Kier alpha value is -0.610. The van der Waals surface area contributed by atoms with Gasteiger partial charge in [0.1, 0.15) is 0 Å². The molecule has 0 saturated carbocycles. The predicted octanol–water partition coefficient (Wildman–Crippen LogP) is 4.11. The van der Waals surface area contributed by atoms with Crippen molar-refractivity contribution in [3.05, 3.63) is 10.6 Å². The SMILES string of the molecule is CCC1CCC(C)N1c1nc(C)c(CNC(C)(C)C)s1. The van der Waals surface area contributed by atoms with E-state index in [4.69, 9.17) is 4.98 Å². The van der Waals surface area contributed by atoms with Crippen molar-refractivity contribution in [2.24, 2.45) is 0 Å². The molecule has 1 aliphatic heterocycles. The number of thiazole rings is 1. The maximum Gasteiger partial charge on any atom is 0.186 e. The fourth-order valence-corrected chi connectivity index (χ4v) is 4.02. The van der Waals surface area contributed by atoms with E-state index >= 15 is 0 Å². The van der Waals surface area contributed by atoms with Crippen LogP contribution in [0.3, 0.4) is 0 Å². The molecule has 0 aliphatic carbocycles. The molecule has 4 heteroatoms. The van der Waals surface area contributed by atoms with E-state index < -0.39 is 0 Å². The highest BCUT2D eigenvalue weighted by atomic mass is 32.1. The Morgan fingerprint density at radius 2 is 2.05 bits per heavy atom. The molecular weight excluding hydrogens is 266 g/mol. The van der Waals surface area contributed by atoms with E-state index in [1.54, 1.807) is 0 Å². The highest BCUT2D eigenvalue weighted by molar-refractivity contribution is 7.15.